The van der Waals surface area contributed by atoms with Crippen molar-refractivity contribution in [3.05, 3.63) is 36.0 Å². The van der Waals surface area contributed by atoms with E-state index < -0.39 is 11.9 Å². The number of pyridine rings is 1. The van der Waals surface area contributed by atoms with Crippen LogP contribution < -0.4 is 10.6 Å². The predicted molar refractivity (Wildman–Crippen MR) is 80.4 cm³/mol. The second-order valence-electron chi connectivity index (χ2n) is 4.82. The number of aliphatic carboxylic acids is 1. The minimum atomic E-state index is -0.835. The number of hydrogen-bond acceptors (Lipinski definition) is 4. The number of hydrogen-bond donors (Lipinski definition) is 2. The van der Waals surface area contributed by atoms with Crippen LogP contribution in [0.1, 0.15) is 23.2 Å². The molecule has 0 atom stereocenters. The van der Waals surface area contributed by atoms with Crippen molar-refractivity contribution in [1.29, 1.82) is 0 Å². The Labute approximate surface area is 122 Å². The number of primary amides is 1. The standard InChI is InChI=1S/C15H17N3O3/c1-18(8-4-7-13(19)20)14-10-5-2-3-6-12(10)17-9-11(14)15(16)21/h2-3,5-6,9H,4,7-8H2,1H3,(H2,16,21)(H,19,20). The molecule has 6 heteroatoms. The lowest BCUT2D eigenvalue weighted by Gasteiger charge is -2.23. The van der Waals surface area contributed by atoms with Crippen molar-refractivity contribution in [3.63, 3.8) is 0 Å². The van der Waals surface area contributed by atoms with Gasteiger partial charge in [0.15, 0.2) is 0 Å². The molecule has 0 aliphatic heterocycles. The van der Waals surface area contributed by atoms with E-state index in [1.54, 1.807) is 0 Å². The number of carboxylic acids is 1. The van der Waals surface area contributed by atoms with Gasteiger partial charge in [-0.1, -0.05) is 18.2 Å². The van der Waals surface area contributed by atoms with Gasteiger partial charge in [0.1, 0.15) is 0 Å². The van der Waals surface area contributed by atoms with Crippen molar-refractivity contribution >= 4 is 28.5 Å². The molecule has 1 heterocycles. The van der Waals surface area contributed by atoms with E-state index in [0.29, 0.717) is 24.2 Å². The van der Waals surface area contributed by atoms with Crippen LogP contribution in [0.4, 0.5) is 5.69 Å². The zero-order valence-corrected chi connectivity index (χ0v) is 11.7. The summed E-state index contributed by atoms with van der Waals surface area (Å²) in [5.74, 6) is -1.38. The average Bonchev–Trinajstić information content (AvgIpc) is 2.45. The van der Waals surface area contributed by atoms with Crippen molar-refractivity contribution in [2.45, 2.75) is 12.8 Å². The molecule has 1 amide bonds. The molecule has 0 saturated carbocycles. The predicted octanol–water partition coefficient (Wildman–Crippen LogP) is 1.63. The molecule has 1 aromatic carbocycles. The van der Waals surface area contributed by atoms with Crippen LogP contribution in [0, 0.1) is 0 Å². The third kappa shape index (κ3) is 3.28. The zero-order valence-electron chi connectivity index (χ0n) is 11.7. The maximum Gasteiger partial charge on any atom is 0.303 e. The summed E-state index contributed by atoms with van der Waals surface area (Å²) in [4.78, 5) is 28.3. The van der Waals surface area contributed by atoms with Crippen LogP contribution in [-0.2, 0) is 4.79 Å². The Morgan fingerprint density at radius 2 is 2.05 bits per heavy atom. The SMILES string of the molecule is CN(CCCC(=O)O)c1c(C(N)=O)cnc2ccccc12. The van der Waals surface area contributed by atoms with E-state index in [2.05, 4.69) is 4.98 Å². The van der Waals surface area contributed by atoms with Crippen molar-refractivity contribution in [2.75, 3.05) is 18.5 Å². The Morgan fingerprint density at radius 1 is 1.33 bits per heavy atom. The summed E-state index contributed by atoms with van der Waals surface area (Å²) in [6, 6.07) is 7.46. The molecule has 0 aliphatic carbocycles. The number of nitrogens with zero attached hydrogens (tertiary/aromatic N) is 2. The number of amides is 1. The molecule has 0 saturated heterocycles. The van der Waals surface area contributed by atoms with Crippen LogP contribution in [0.5, 0.6) is 0 Å². The van der Waals surface area contributed by atoms with Gasteiger partial charge in [0.25, 0.3) is 5.91 Å². The van der Waals surface area contributed by atoms with Gasteiger partial charge in [-0.15, -0.1) is 0 Å². The van der Waals surface area contributed by atoms with Gasteiger partial charge in [-0.2, -0.15) is 0 Å². The van der Waals surface area contributed by atoms with E-state index in [0.717, 1.165) is 10.9 Å². The minimum absolute atomic E-state index is 0.0826. The highest BCUT2D eigenvalue weighted by atomic mass is 16.4. The normalized spacial score (nSPS) is 10.5. The average molecular weight is 287 g/mol. The molecule has 0 spiro atoms. The molecule has 0 bridgehead atoms. The van der Waals surface area contributed by atoms with Crippen LogP contribution in [0.15, 0.2) is 30.5 Å². The van der Waals surface area contributed by atoms with E-state index in [1.165, 1.54) is 6.20 Å². The van der Waals surface area contributed by atoms with Crippen LogP contribution in [0.2, 0.25) is 0 Å². The summed E-state index contributed by atoms with van der Waals surface area (Å²) < 4.78 is 0. The fraction of sp³-hybridized carbons (Fsp3) is 0.267. The number of benzene rings is 1. The van der Waals surface area contributed by atoms with Gasteiger partial charge in [0.05, 0.1) is 16.8 Å². The molecule has 2 rings (SSSR count). The summed E-state index contributed by atoms with van der Waals surface area (Å²) in [5, 5.41) is 9.53. The van der Waals surface area contributed by atoms with Crippen LogP contribution >= 0.6 is 0 Å². The van der Waals surface area contributed by atoms with Gasteiger partial charge in [-0.3, -0.25) is 14.6 Å². The summed E-state index contributed by atoms with van der Waals surface area (Å²) in [7, 11) is 1.82. The maximum absolute atomic E-state index is 11.6. The summed E-state index contributed by atoms with van der Waals surface area (Å²) >= 11 is 0. The monoisotopic (exact) mass is 287 g/mol. The third-order valence-electron chi connectivity index (χ3n) is 3.28. The third-order valence-corrected chi connectivity index (χ3v) is 3.28. The van der Waals surface area contributed by atoms with Crippen molar-refractivity contribution < 1.29 is 14.7 Å². The highest BCUT2D eigenvalue weighted by molar-refractivity contribution is 6.06. The number of anilines is 1. The Bertz CT molecular complexity index is 685. The van der Waals surface area contributed by atoms with Gasteiger partial charge >= 0.3 is 5.97 Å². The lowest BCUT2D eigenvalue weighted by molar-refractivity contribution is -0.137. The molecular formula is C15H17N3O3. The second kappa shape index (κ2) is 6.21. The highest BCUT2D eigenvalue weighted by Gasteiger charge is 2.16. The van der Waals surface area contributed by atoms with Crippen LogP contribution in [-0.4, -0.2) is 35.6 Å². The van der Waals surface area contributed by atoms with Gasteiger partial charge in [0, 0.05) is 31.6 Å². The maximum atomic E-state index is 11.6. The van der Waals surface area contributed by atoms with Gasteiger partial charge in [-0.05, 0) is 12.5 Å². The zero-order chi connectivity index (χ0) is 15.4. The van der Waals surface area contributed by atoms with Gasteiger partial charge < -0.3 is 15.7 Å². The minimum Gasteiger partial charge on any atom is -0.481 e. The van der Waals surface area contributed by atoms with Crippen molar-refractivity contribution in [2.24, 2.45) is 5.73 Å². The molecule has 3 N–H and O–H groups in total. The van der Waals surface area contributed by atoms with E-state index in [-0.39, 0.29) is 6.42 Å². The largest absolute Gasteiger partial charge is 0.481 e. The topological polar surface area (TPSA) is 96.5 Å². The van der Waals surface area contributed by atoms with E-state index >= 15 is 0 Å². The summed E-state index contributed by atoms with van der Waals surface area (Å²) in [5.41, 5.74) is 7.22. The van der Waals surface area contributed by atoms with E-state index in [9.17, 15) is 9.59 Å². The fourth-order valence-electron chi connectivity index (χ4n) is 2.30. The number of aromatic nitrogens is 1. The molecule has 6 nitrogen and oxygen atoms in total. The second-order valence-corrected chi connectivity index (χ2v) is 4.82. The van der Waals surface area contributed by atoms with Crippen molar-refractivity contribution in [1.82, 2.24) is 4.98 Å². The lowest BCUT2D eigenvalue weighted by Crippen LogP contribution is -2.24. The molecule has 0 unspecified atom stereocenters. The number of para-hydroxylation sites is 1. The molecule has 21 heavy (non-hydrogen) atoms. The number of nitrogens with two attached hydrogens (primary N) is 1. The molecule has 0 fully saturated rings. The molecule has 0 radical (unpaired) electrons. The van der Waals surface area contributed by atoms with Gasteiger partial charge in [0.2, 0.25) is 0 Å². The molecule has 1 aromatic heterocycles. The molecular weight excluding hydrogens is 270 g/mol. The quantitative estimate of drug-likeness (QED) is 0.841. The first-order chi connectivity index (χ1) is 10.0. The van der Waals surface area contributed by atoms with Crippen LogP contribution in [0.25, 0.3) is 10.9 Å². The first kappa shape index (κ1) is 14.8. The number of rotatable bonds is 6. The summed E-state index contributed by atoms with van der Waals surface area (Å²) in [6.45, 7) is 0.514. The van der Waals surface area contributed by atoms with Crippen LogP contribution in [0.3, 0.4) is 0 Å². The Hall–Kier alpha value is -2.63. The summed E-state index contributed by atoms with van der Waals surface area (Å²) in [6.07, 6.45) is 2.04. The smallest absolute Gasteiger partial charge is 0.303 e. The highest BCUT2D eigenvalue weighted by Crippen LogP contribution is 2.28. The lowest BCUT2D eigenvalue weighted by atomic mass is 10.1. The molecule has 110 valence electrons. The fourth-order valence-corrected chi connectivity index (χ4v) is 2.30. The Balaban J connectivity index is 2.41. The first-order valence-corrected chi connectivity index (χ1v) is 6.61. The van der Waals surface area contributed by atoms with Crippen molar-refractivity contribution in [3.8, 4) is 0 Å². The number of carbonyl (C=O) groups is 2. The number of carboxylic acid groups (broad SMARTS) is 1. The van der Waals surface area contributed by atoms with E-state index in [4.69, 9.17) is 10.8 Å². The molecule has 2 aromatic rings. The first-order valence-electron chi connectivity index (χ1n) is 6.61. The Kier molecular flexibility index (Phi) is 4.37. The number of carbonyl (C=O) groups excluding carboxylic acids is 1. The molecule has 0 aliphatic rings. The van der Waals surface area contributed by atoms with E-state index in [1.807, 2.05) is 36.2 Å². The number of fused-ring (bicyclic) bond motifs is 1. The Morgan fingerprint density at radius 3 is 2.71 bits per heavy atom. The van der Waals surface area contributed by atoms with Gasteiger partial charge in [-0.25, -0.2) is 0 Å².